The fourth-order valence-corrected chi connectivity index (χ4v) is 1.33. The second-order valence-electron chi connectivity index (χ2n) is 2.59. The van der Waals surface area contributed by atoms with Crippen LogP contribution in [0.4, 0.5) is 0 Å². The maximum absolute atomic E-state index is 5.36. The van der Waals surface area contributed by atoms with Crippen LogP contribution in [0.5, 0.6) is 0 Å². The Morgan fingerprint density at radius 3 is 1.50 bits per heavy atom. The van der Waals surface area contributed by atoms with Crippen molar-refractivity contribution in [3.05, 3.63) is 23.3 Å². The third-order valence-corrected chi connectivity index (χ3v) is 2.06. The minimum Gasteiger partial charge on any atom is -0.178 e. The van der Waals surface area contributed by atoms with E-state index in [4.69, 9.17) is 23.6 Å². The maximum atomic E-state index is 5.36. The summed E-state index contributed by atoms with van der Waals surface area (Å²) in [4.78, 5) is 0. The summed E-state index contributed by atoms with van der Waals surface area (Å²) in [6, 6.07) is 0. The molecule has 1 aliphatic carbocycles. The first-order valence-corrected chi connectivity index (χ1v) is 4.12. The number of allylic oxidation sites excluding steroid dienone is 4. The average Bonchev–Trinajstić information content (AvgIpc) is 2.08. The predicted octanol–water partition coefficient (Wildman–Crippen LogP) is 3.08. The molecule has 0 aliphatic heterocycles. The smallest absolute Gasteiger partial charge is 0.0810 e. The third-order valence-electron chi connectivity index (χ3n) is 1.70. The summed E-state index contributed by atoms with van der Waals surface area (Å²) in [6.45, 7) is 3.82. The Labute approximate surface area is 81.5 Å². The van der Waals surface area contributed by atoms with Crippen LogP contribution in [0.15, 0.2) is 32.3 Å². The zero-order valence-corrected chi connectivity index (χ0v) is 8.32. The van der Waals surface area contributed by atoms with E-state index in [9.17, 15) is 0 Å². The van der Waals surface area contributed by atoms with Crippen LogP contribution < -0.4 is 0 Å². The van der Waals surface area contributed by atoms with Crippen molar-refractivity contribution in [3.63, 3.8) is 0 Å². The van der Waals surface area contributed by atoms with E-state index in [-0.39, 0.29) is 0 Å². The van der Waals surface area contributed by atoms with Crippen molar-refractivity contribution in [1.82, 2.24) is 0 Å². The SMILES string of the molecule is CC1=CC(=NCl)C(C)=CC1=NCl. The first-order chi connectivity index (χ1) is 5.69. The minimum atomic E-state index is 0.762. The molecule has 64 valence electrons. The van der Waals surface area contributed by atoms with Crippen LogP contribution in [-0.4, -0.2) is 11.4 Å². The van der Waals surface area contributed by atoms with E-state index in [1.54, 1.807) is 0 Å². The van der Waals surface area contributed by atoms with Crippen LogP contribution in [-0.2, 0) is 0 Å². The molecule has 0 saturated heterocycles. The molecule has 0 fully saturated rings. The van der Waals surface area contributed by atoms with Gasteiger partial charge in [-0.05, 0) is 37.1 Å². The molecule has 0 aromatic carbocycles. The van der Waals surface area contributed by atoms with Gasteiger partial charge in [-0.25, -0.2) is 0 Å². The molecule has 1 rings (SSSR count). The summed E-state index contributed by atoms with van der Waals surface area (Å²) in [5, 5.41) is 0. The van der Waals surface area contributed by atoms with E-state index in [1.807, 2.05) is 26.0 Å². The Hall–Kier alpha value is -0.600. The van der Waals surface area contributed by atoms with E-state index in [1.165, 1.54) is 0 Å². The van der Waals surface area contributed by atoms with Crippen LogP contribution >= 0.6 is 23.6 Å². The Morgan fingerprint density at radius 2 is 1.25 bits per heavy atom. The lowest BCUT2D eigenvalue weighted by molar-refractivity contribution is 1.49. The second kappa shape index (κ2) is 3.87. The van der Waals surface area contributed by atoms with Gasteiger partial charge in [0.1, 0.15) is 0 Å². The van der Waals surface area contributed by atoms with Gasteiger partial charge in [0.05, 0.1) is 11.4 Å². The minimum absolute atomic E-state index is 0.762. The van der Waals surface area contributed by atoms with Crippen molar-refractivity contribution >= 4 is 35.0 Å². The van der Waals surface area contributed by atoms with E-state index < -0.39 is 0 Å². The van der Waals surface area contributed by atoms with Gasteiger partial charge in [0, 0.05) is 23.6 Å². The molecule has 0 amide bonds. The Kier molecular flexibility index (Phi) is 3.06. The van der Waals surface area contributed by atoms with Gasteiger partial charge in [0.2, 0.25) is 0 Å². The second-order valence-corrected chi connectivity index (χ2v) is 2.93. The van der Waals surface area contributed by atoms with E-state index in [2.05, 4.69) is 9.02 Å². The first-order valence-electron chi connectivity index (χ1n) is 3.44. The highest BCUT2D eigenvalue weighted by Crippen LogP contribution is 2.14. The van der Waals surface area contributed by atoms with E-state index >= 15 is 0 Å². The average molecular weight is 203 g/mol. The highest BCUT2D eigenvalue weighted by atomic mass is 35.5. The topological polar surface area (TPSA) is 24.7 Å². The summed E-state index contributed by atoms with van der Waals surface area (Å²) in [7, 11) is 0. The van der Waals surface area contributed by atoms with Gasteiger partial charge in [-0.1, -0.05) is 0 Å². The molecule has 0 bridgehead atoms. The van der Waals surface area contributed by atoms with E-state index in [0.29, 0.717) is 0 Å². The summed E-state index contributed by atoms with van der Waals surface area (Å²) in [5.41, 5.74) is 3.46. The van der Waals surface area contributed by atoms with Crippen LogP contribution in [0.2, 0.25) is 0 Å². The first kappa shape index (κ1) is 9.49. The molecule has 0 heterocycles. The molecule has 2 nitrogen and oxygen atoms in total. The molecule has 0 spiro atoms. The molecule has 0 atom stereocenters. The predicted molar refractivity (Wildman–Crippen MR) is 54.1 cm³/mol. The Bertz CT molecular complexity index is 279. The molecule has 0 saturated carbocycles. The standard InChI is InChI=1S/C8H8Cl2N2/c1-5-3-8(12-10)6(2)4-7(5)11-9/h3-4H,1-2H3. The lowest BCUT2D eigenvalue weighted by Gasteiger charge is -2.09. The summed E-state index contributed by atoms with van der Waals surface area (Å²) < 4.78 is 7.19. The highest BCUT2D eigenvalue weighted by Gasteiger charge is 2.10. The molecule has 0 aromatic rings. The normalized spacial score (nSPS) is 24.3. The number of nitrogens with zero attached hydrogens (tertiary/aromatic N) is 2. The van der Waals surface area contributed by atoms with Crippen molar-refractivity contribution in [2.45, 2.75) is 13.8 Å². The lowest BCUT2D eigenvalue weighted by atomic mass is 9.98. The molecule has 0 unspecified atom stereocenters. The van der Waals surface area contributed by atoms with Gasteiger partial charge in [-0.3, -0.25) is 0 Å². The molecule has 0 N–H and O–H groups in total. The zero-order chi connectivity index (χ0) is 9.14. The molecular formula is C8H8Cl2N2. The fraction of sp³-hybridized carbons (Fsp3) is 0.250. The molecular weight excluding hydrogens is 195 g/mol. The highest BCUT2D eigenvalue weighted by molar-refractivity contribution is 6.32. The quantitative estimate of drug-likeness (QED) is 0.540. The van der Waals surface area contributed by atoms with Gasteiger partial charge < -0.3 is 0 Å². The molecule has 12 heavy (non-hydrogen) atoms. The molecule has 0 aromatic heterocycles. The van der Waals surface area contributed by atoms with Gasteiger partial charge in [-0.2, -0.15) is 9.02 Å². The van der Waals surface area contributed by atoms with Crippen LogP contribution in [0.25, 0.3) is 0 Å². The maximum Gasteiger partial charge on any atom is 0.0810 e. The number of hydrogen-bond acceptors (Lipinski definition) is 2. The third kappa shape index (κ3) is 1.76. The largest absolute Gasteiger partial charge is 0.178 e. The fourth-order valence-electron chi connectivity index (χ4n) is 0.968. The van der Waals surface area contributed by atoms with Crippen molar-refractivity contribution < 1.29 is 0 Å². The summed E-state index contributed by atoms with van der Waals surface area (Å²) in [5.74, 6) is 0. The summed E-state index contributed by atoms with van der Waals surface area (Å²) in [6.07, 6.45) is 3.70. The molecule has 4 heteroatoms. The van der Waals surface area contributed by atoms with Gasteiger partial charge in [0.25, 0.3) is 0 Å². The van der Waals surface area contributed by atoms with Crippen molar-refractivity contribution in [3.8, 4) is 0 Å². The Balaban J connectivity index is 3.11. The number of rotatable bonds is 0. The number of halogens is 2. The molecule has 0 radical (unpaired) electrons. The van der Waals surface area contributed by atoms with Crippen molar-refractivity contribution in [2.75, 3.05) is 0 Å². The summed E-state index contributed by atoms with van der Waals surface area (Å²) >= 11 is 10.7. The Morgan fingerprint density at radius 1 is 0.917 bits per heavy atom. The zero-order valence-electron chi connectivity index (χ0n) is 6.81. The van der Waals surface area contributed by atoms with Gasteiger partial charge >= 0.3 is 0 Å². The number of hydrogen-bond donors (Lipinski definition) is 0. The van der Waals surface area contributed by atoms with Crippen molar-refractivity contribution in [2.24, 2.45) is 9.02 Å². The van der Waals surface area contributed by atoms with Crippen LogP contribution in [0, 0.1) is 0 Å². The monoisotopic (exact) mass is 202 g/mol. The lowest BCUT2D eigenvalue weighted by Crippen LogP contribution is -2.09. The van der Waals surface area contributed by atoms with Gasteiger partial charge in [0.15, 0.2) is 0 Å². The van der Waals surface area contributed by atoms with Crippen LogP contribution in [0.3, 0.4) is 0 Å². The van der Waals surface area contributed by atoms with Crippen LogP contribution in [0.1, 0.15) is 13.8 Å². The van der Waals surface area contributed by atoms with Crippen molar-refractivity contribution in [1.29, 1.82) is 0 Å². The van der Waals surface area contributed by atoms with E-state index in [0.717, 1.165) is 22.6 Å². The van der Waals surface area contributed by atoms with Gasteiger partial charge in [-0.15, -0.1) is 0 Å². The molecule has 1 aliphatic rings.